The maximum Gasteiger partial charge on any atom is 0.244 e. The molecule has 34 heavy (non-hydrogen) atoms. The van der Waals surface area contributed by atoms with Gasteiger partial charge in [0.25, 0.3) is 0 Å². The SMILES string of the molecule is CC[C@H](C(=O)N[C@@H](C)CC)N(Cc1cccc(C)c1)C(=O)CN(c1ccccc1Cl)S(C)(=O)=O. The number of sulfonamides is 1. The van der Waals surface area contributed by atoms with E-state index in [2.05, 4.69) is 5.32 Å². The highest BCUT2D eigenvalue weighted by Crippen LogP contribution is 2.27. The Kier molecular flexibility index (Phi) is 9.94. The maximum absolute atomic E-state index is 13.6. The van der Waals surface area contributed by atoms with E-state index in [9.17, 15) is 18.0 Å². The van der Waals surface area contributed by atoms with Gasteiger partial charge in [-0.3, -0.25) is 13.9 Å². The Morgan fingerprint density at radius 3 is 2.29 bits per heavy atom. The van der Waals surface area contributed by atoms with Gasteiger partial charge in [-0.25, -0.2) is 8.42 Å². The number of anilines is 1. The van der Waals surface area contributed by atoms with Crippen molar-refractivity contribution >= 4 is 39.1 Å². The van der Waals surface area contributed by atoms with E-state index in [1.165, 1.54) is 4.90 Å². The molecular formula is C25H34ClN3O4S. The Labute approximate surface area is 208 Å². The highest BCUT2D eigenvalue weighted by atomic mass is 35.5. The number of benzene rings is 2. The topological polar surface area (TPSA) is 86.8 Å². The summed E-state index contributed by atoms with van der Waals surface area (Å²) in [5, 5.41) is 3.17. The standard InChI is InChI=1S/C25H34ClN3O4S/c1-6-19(4)27-25(31)22(7-2)28(16-20-12-10-11-18(3)15-20)24(30)17-29(34(5,32)33)23-14-9-8-13-21(23)26/h8-15,19,22H,6-7,16-17H2,1-5H3,(H,27,31)/t19-,22+/m0/s1. The number of hydrogen-bond donors (Lipinski definition) is 1. The van der Waals surface area contributed by atoms with Gasteiger partial charge in [0.1, 0.15) is 12.6 Å². The minimum absolute atomic E-state index is 0.0480. The number of carbonyl (C=O) groups excluding carboxylic acids is 2. The largest absolute Gasteiger partial charge is 0.352 e. The fraction of sp³-hybridized carbons (Fsp3) is 0.440. The van der Waals surface area contributed by atoms with Gasteiger partial charge in [-0.15, -0.1) is 0 Å². The molecule has 9 heteroatoms. The van der Waals surface area contributed by atoms with Crippen molar-refractivity contribution in [2.45, 2.75) is 59.2 Å². The summed E-state index contributed by atoms with van der Waals surface area (Å²) in [4.78, 5) is 28.2. The molecule has 186 valence electrons. The minimum atomic E-state index is -3.82. The molecule has 0 fully saturated rings. The van der Waals surface area contributed by atoms with Crippen molar-refractivity contribution in [1.29, 1.82) is 0 Å². The second kappa shape index (κ2) is 12.2. The van der Waals surface area contributed by atoms with Crippen molar-refractivity contribution in [3.05, 3.63) is 64.7 Å². The summed E-state index contributed by atoms with van der Waals surface area (Å²) < 4.78 is 26.2. The zero-order valence-corrected chi connectivity index (χ0v) is 22.0. The number of carbonyl (C=O) groups is 2. The molecule has 1 N–H and O–H groups in total. The van der Waals surface area contributed by atoms with Crippen molar-refractivity contribution in [2.24, 2.45) is 0 Å². The zero-order chi connectivity index (χ0) is 25.5. The van der Waals surface area contributed by atoms with Gasteiger partial charge in [0, 0.05) is 12.6 Å². The van der Waals surface area contributed by atoms with Crippen LogP contribution in [0.15, 0.2) is 48.5 Å². The summed E-state index contributed by atoms with van der Waals surface area (Å²) in [6.45, 7) is 7.36. The normalized spacial score (nSPS) is 13.1. The summed E-state index contributed by atoms with van der Waals surface area (Å²) in [6, 6.07) is 13.3. The number of para-hydroxylation sites is 1. The zero-order valence-electron chi connectivity index (χ0n) is 20.4. The first-order valence-electron chi connectivity index (χ1n) is 11.4. The molecule has 2 aromatic carbocycles. The van der Waals surface area contributed by atoms with Crippen LogP contribution in [-0.2, 0) is 26.2 Å². The number of rotatable bonds is 11. The number of aryl methyl sites for hydroxylation is 1. The van der Waals surface area contributed by atoms with Crippen molar-refractivity contribution in [3.63, 3.8) is 0 Å². The smallest absolute Gasteiger partial charge is 0.244 e. The highest BCUT2D eigenvalue weighted by Gasteiger charge is 2.32. The molecule has 0 unspecified atom stereocenters. The lowest BCUT2D eigenvalue weighted by Crippen LogP contribution is -2.53. The summed E-state index contributed by atoms with van der Waals surface area (Å²) in [5.41, 5.74) is 2.09. The molecule has 0 saturated carbocycles. The molecular weight excluding hydrogens is 474 g/mol. The van der Waals surface area contributed by atoms with E-state index >= 15 is 0 Å². The summed E-state index contributed by atoms with van der Waals surface area (Å²) in [7, 11) is -3.82. The Bertz CT molecular complexity index is 1110. The van der Waals surface area contributed by atoms with Crippen LogP contribution in [0.1, 0.15) is 44.7 Å². The second-order valence-corrected chi connectivity index (χ2v) is 10.8. The van der Waals surface area contributed by atoms with E-state index in [1.807, 2.05) is 52.0 Å². The monoisotopic (exact) mass is 507 g/mol. The van der Waals surface area contributed by atoms with E-state index in [4.69, 9.17) is 11.6 Å². The molecule has 0 aliphatic carbocycles. The van der Waals surface area contributed by atoms with Crippen LogP contribution < -0.4 is 9.62 Å². The number of nitrogens with one attached hydrogen (secondary N) is 1. The molecule has 0 radical (unpaired) electrons. The molecule has 0 spiro atoms. The van der Waals surface area contributed by atoms with Gasteiger partial charge in [-0.1, -0.05) is 67.4 Å². The number of hydrogen-bond acceptors (Lipinski definition) is 4. The first kappa shape index (κ1) is 27.7. The molecule has 2 amide bonds. The minimum Gasteiger partial charge on any atom is -0.352 e. The first-order valence-corrected chi connectivity index (χ1v) is 13.6. The van der Waals surface area contributed by atoms with Gasteiger partial charge in [-0.05, 0) is 44.4 Å². The van der Waals surface area contributed by atoms with E-state index in [-0.39, 0.29) is 29.2 Å². The summed E-state index contributed by atoms with van der Waals surface area (Å²) in [6.07, 6.45) is 2.16. The fourth-order valence-electron chi connectivity index (χ4n) is 3.62. The average Bonchev–Trinajstić information content (AvgIpc) is 2.77. The Balaban J connectivity index is 2.45. The number of nitrogens with zero attached hydrogens (tertiary/aromatic N) is 2. The first-order chi connectivity index (χ1) is 16.0. The van der Waals surface area contributed by atoms with Gasteiger partial charge in [0.15, 0.2) is 0 Å². The second-order valence-electron chi connectivity index (χ2n) is 8.47. The van der Waals surface area contributed by atoms with Crippen molar-refractivity contribution in [2.75, 3.05) is 17.1 Å². The molecule has 2 rings (SSSR count). The third-order valence-electron chi connectivity index (χ3n) is 5.62. The Morgan fingerprint density at radius 2 is 1.74 bits per heavy atom. The molecule has 0 aromatic heterocycles. The van der Waals surface area contributed by atoms with Crippen LogP contribution in [0.2, 0.25) is 5.02 Å². The number of amides is 2. The van der Waals surface area contributed by atoms with Gasteiger partial charge in [0.05, 0.1) is 17.0 Å². The lowest BCUT2D eigenvalue weighted by atomic mass is 10.1. The van der Waals surface area contributed by atoms with Crippen molar-refractivity contribution in [3.8, 4) is 0 Å². The van der Waals surface area contributed by atoms with E-state index in [0.29, 0.717) is 6.42 Å². The van der Waals surface area contributed by atoms with Gasteiger partial charge >= 0.3 is 0 Å². The quantitative estimate of drug-likeness (QED) is 0.495. The summed E-state index contributed by atoms with van der Waals surface area (Å²) >= 11 is 6.25. The van der Waals surface area contributed by atoms with Crippen molar-refractivity contribution in [1.82, 2.24) is 10.2 Å². The Morgan fingerprint density at radius 1 is 1.06 bits per heavy atom. The van der Waals surface area contributed by atoms with Crippen LogP contribution in [0.4, 0.5) is 5.69 Å². The van der Waals surface area contributed by atoms with Crippen LogP contribution in [0, 0.1) is 6.92 Å². The van der Waals surface area contributed by atoms with Crippen LogP contribution in [0.3, 0.4) is 0 Å². The maximum atomic E-state index is 13.6. The number of halogens is 1. The van der Waals surface area contributed by atoms with Crippen LogP contribution in [0.25, 0.3) is 0 Å². The van der Waals surface area contributed by atoms with Gasteiger partial charge < -0.3 is 10.2 Å². The lowest BCUT2D eigenvalue weighted by molar-refractivity contribution is -0.140. The fourth-order valence-corrected chi connectivity index (χ4v) is 4.77. The molecule has 2 atom stereocenters. The van der Waals surface area contributed by atoms with Crippen LogP contribution in [0.5, 0.6) is 0 Å². The molecule has 2 aromatic rings. The van der Waals surface area contributed by atoms with Crippen LogP contribution in [-0.4, -0.2) is 50.0 Å². The molecule has 0 bridgehead atoms. The molecule has 7 nitrogen and oxygen atoms in total. The highest BCUT2D eigenvalue weighted by molar-refractivity contribution is 7.92. The van der Waals surface area contributed by atoms with E-state index in [1.54, 1.807) is 24.3 Å². The average molecular weight is 508 g/mol. The van der Waals surface area contributed by atoms with Crippen LogP contribution >= 0.6 is 11.6 Å². The molecule has 0 aliphatic rings. The van der Waals surface area contributed by atoms with Crippen molar-refractivity contribution < 1.29 is 18.0 Å². The molecule has 0 heterocycles. The third-order valence-corrected chi connectivity index (χ3v) is 7.07. The van der Waals surface area contributed by atoms with E-state index < -0.39 is 28.5 Å². The van der Waals surface area contributed by atoms with E-state index in [0.717, 1.165) is 28.1 Å². The summed E-state index contributed by atoms with van der Waals surface area (Å²) in [5.74, 6) is -0.750. The molecule has 0 saturated heterocycles. The Hall–Kier alpha value is -2.58. The van der Waals surface area contributed by atoms with Gasteiger partial charge in [0.2, 0.25) is 21.8 Å². The molecule has 0 aliphatic heterocycles. The predicted octanol–water partition coefficient (Wildman–Crippen LogP) is 4.14. The third kappa shape index (κ3) is 7.46. The predicted molar refractivity (Wildman–Crippen MR) is 137 cm³/mol. The lowest BCUT2D eigenvalue weighted by Gasteiger charge is -2.33. The van der Waals surface area contributed by atoms with Gasteiger partial charge in [-0.2, -0.15) is 0 Å².